The van der Waals surface area contributed by atoms with E-state index in [1.807, 2.05) is 24.3 Å². The number of aliphatic carboxylic acids is 1. The summed E-state index contributed by atoms with van der Waals surface area (Å²) in [5.74, 6) is -0.840. The van der Waals surface area contributed by atoms with Crippen LogP contribution in [0.5, 0.6) is 0 Å². The molecule has 0 bridgehead atoms. The van der Waals surface area contributed by atoms with E-state index in [1.165, 1.54) is 5.56 Å². The molecule has 4 nitrogen and oxygen atoms in total. The monoisotopic (exact) mass is 222 g/mol. The van der Waals surface area contributed by atoms with Gasteiger partial charge in [0.2, 0.25) is 0 Å². The van der Waals surface area contributed by atoms with Gasteiger partial charge in [0.05, 0.1) is 0 Å². The Bertz CT molecular complexity index is 335. The molecule has 0 saturated carbocycles. The van der Waals surface area contributed by atoms with Gasteiger partial charge in [-0.05, 0) is 24.1 Å². The molecule has 1 aromatic rings. The summed E-state index contributed by atoms with van der Waals surface area (Å²) in [4.78, 5) is 12.5. The fraction of sp³-hybridized carbons (Fsp3) is 0.417. The highest BCUT2D eigenvalue weighted by Crippen LogP contribution is 2.15. The summed E-state index contributed by atoms with van der Waals surface area (Å²) in [6, 6.07) is 7.91. The molecule has 1 rings (SSSR count). The Balaban J connectivity index is 2.79. The van der Waals surface area contributed by atoms with Crippen LogP contribution in [-0.4, -0.2) is 30.7 Å². The van der Waals surface area contributed by atoms with E-state index >= 15 is 0 Å². The van der Waals surface area contributed by atoms with Gasteiger partial charge in [0, 0.05) is 18.8 Å². The van der Waals surface area contributed by atoms with E-state index in [0.29, 0.717) is 13.1 Å². The Hall–Kier alpha value is -1.55. The molecule has 0 aromatic heterocycles. The maximum Gasteiger partial charge on any atom is 0.323 e. The van der Waals surface area contributed by atoms with Crippen molar-refractivity contribution < 1.29 is 9.90 Å². The highest BCUT2D eigenvalue weighted by Gasteiger charge is 2.09. The summed E-state index contributed by atoms with van der Waals surface area (Å²) in [5, 5.41) is 8.79. The largest absolute Gasteiger partial charge is 0.480 e. The van der Waals surface area contributed by atoms with Crippen LogP contribution < -0.4 is 10.6 Å². The lowest BCUT2D eigenvalue weighted by atomic mass is 10.1. The van der Waals surface area contributed by atoms with Crippen LogP contribution in [0.1, 0.15) is 12.5 Å². The number of rotatable bonds is 6. The summed E-state index contributed by atoms with van der Waals surface area (Å²) < 4.78 is 0. The molecule has 88 valence electrons. The zero-order chi connectivity index (χ0) is 12.0. The highest BCUT2D eigenvalue weighted by atomic mass is 16.4. The van der Waals surface area contributed by atoms with Gasteiger partial charge in [0.25, 0.3) is 0 Å². The molecule has 0 aliphatic rings. The smallest absolute Gasteiger partial charge is 0.323 e. The minimum absolute atomic E-state index is 0.0112. The Kier molecular flexibility index (Phi) is 4.79. The van der Waals surface area contributed by atoms with Crippen molar-refractivity contribution in [2.45, 2.75) is 13.3 Å². The third kappa shape index (κ3) is 3.55. The molecular formula is C12H18N2O2. The topological polar surface area (TPSA) is 66.6 Å². The first-order valence-electron chi connectivity index (χ1n) is 5.43. The molecule has 0 fully saturated rings. The van der Waals surface area contributed by atoms with Gasteiger partial charge in [-0.3, -0.25) is 4.79 Å². The first-order chi connectivity index (χ1) is 7.67. The number of nitrogens with two attached hydrogens (primary N) is 1. The number of hydrogen-bond donors (Lipinski definition) is 2. The van der Waals surface area contributed by atoms with Crippen molar-refractivity contribution in [3.05, 3.63) is 29.8 Å². The standard InChI is InChI=1S/C12H18N2O2/c1-2-10-3-5-11(6-4-10)14(8-7-13)9-12(15)16/h3-6H,2,7-9,13H2,1H3,(H,15,16). The predicted octanol–water partition coefficient (Wildman–Crippen LogP) is 1.10. The van der Waals surface area contributed by atoms with Gasteiger partial charge in [0.1, 0.15) is 6.54 Å². The number of aryl methyl sites for hydroxylation is 1. The van der Waals surface area contributed by atoms with Crippen LogP contribution >= 0.6 is 0 Å². The Morgan fingerprint density at radius 1 is 1.38 bits per heavy atom. The summed E-state index contributed by atoms with van der Waals surface area (Å²) in [5.41, 5.74) is 7.61. The van der Waals surface area contributed by atoms with Crippen LogP contribution in [0.15, 0.2) is 24.3 Å². The second kappa shape index (κ2) is 6.12. The van der Waals surface area contributed by atoms with Gasteiger partial charge in [-0.15, -0.1) is 0 Å². The second-order valence-electron chi connectivity index (χ2n) is 3.62. The molecule has 0 atom stereocenters. The third-order valence-corrected chi connectivity index (χ3v) is 2.43. The zero-order valence-electron chi connectivity index (χ0n) is 9.52. The van der Waals surface area contributed by atoms with E-state index < -0.39 is 5.97 Å². The lowest BCUT2D eigenvalue weighted by Gasteiger charge is -2.22. The van der Waals surface area contributed by atoms with Crippen molar-refractivity contribution in [2.24, 2.45) is 5.73 Å². The van der Waals surface area contributed by atoms with Gasteiger partial charge in [-0.1, -0.05) is 19.1 Å². The van der Waals surface area contributed by atoms with Crippen molar-refractivity contribution in [3.8, 4) is 0 Å². The number of carboxylic acid groups (broad SMARTS) is 1. The van der Waals surface area contributed by atoms with Crippen LogP contribution in [0.25, 0.3) is 0 Å². The van der Waals surface area contributed by atoms with Gasteiger partial charge in [-0.2, -0.15) is 0 Å². The molecule has 4 heteroatoms. The number of carbonyl (C=O) groups is 1. The van der Waals surface area contributed by atoms with E-state index in [-0.39, 0.29) is 6.54 Å². The van der Waals surface area contributed by atoms with Crippen LogP contribution in [0.3, 0.4) is 0 Å². The SMILES string of the molecule is CCc1ccc(N(CCN)CC(=O)O)cc1. The molecule has 0 aliphatic heterocycles. The van der Waals surface area contributed by atoms with Crippen molar-refractivity contribution in [1.82, 2.24) is 0 Å². The van der Waals surface area contributed by atoms with Gasteiger partial charge >= 0.3 is 5.97 Å². The van der Waals surface area contributed by atoms with Crippen molar-refractivity contribution >= 4 is 11.7 Å². The van der Waals surface area contributed by atoms with Crippen molar-refractivity contribution in [1.29, 1.82) is 0 Å². The fourth-order valence-electron chi connectivity index (χ4n) is 1.56. The summed E-state index contributed by atoms with van der Waals surface area (Å²) in [7, 11) is 0. The molecule has 0 amide bonds. The van der Waals surface area contributed by atoms with Crippen LogP contribution in [0, 0.1) is 0 Å². The first-order valence-corrected chi connectivity index (χ1v) is 5.43. The first kappa shape index (κ1) is 12.5. The molecule has 0 unspecified atom stereocenters. The Morgan fingerprint density at radius 3 is 2.44 bits per heavy atom. The summed E-state index contributed by atoms with van der Waals surface area (Å²) in [6.07, 6.45) is 0.982. The maximum absolute atomic E-state index is 10.7. The fourth-order valence-corrected chi connectivity index (χ4v) is 1.56. The quantitative estimate of drug-likeness (QED) is 0.756. The molecular weight excluding hydrogens is 204 g/mol. The van der Waals surface area contributed by atoms with Crippen LogP contribution in [0.4, 0.5) is 5.69 Å². The van der Waals surface area contributed by atoms with Gasteiger partial charge in [0.15, 0.2) is 0 Å². The van der Waals surface area contributed by atoms with E-state index in [9.17, 15) is 4.79 Å². The van der Waals surface area contributed by atoms with Crippen LogP contribution in [0.2, 0.25) is 0 Å². The van der Waals surface area contributed by atoms with E-state index in [4.69, 9.17) is 10.8 Å². The maximum atomic E-state index is 10.7. The average molecular weight is 222 g/mol. The molecule has 0 saturated heterocycles. The number of benzene rings is 1. The average Bonchev–Trinajstić information content (AvgIpc) is 2.28. The number of nitrogens with zero attached hydrogens (tertiary/aromatic N) is 1. The third-order valence-electron chi connectivity index (χ3n) is 2.43. The molecule has 16 heavy (non-hydrogen) atoms. The molecule has 3 N–H and O–H groups in total. The molecule has 0 radical (unpaired) electrons. The zero-order valence-corrected chi connectivity index (χ0v) is 9.52. The highest BCUT2D eigenvalue weighted by molar-refractivity contribution is 5.73. The number of hydrogen-bond acceptors (Lipinski definition) is 3. The normalized spacial score (nSPS) is 10.1. The van der Waals surface area contributed by atoms with Crippen molar-refractivity contribution in [3.63, 3.8) is 0 Å². The molecule has 0 heterocycles. The minimum atomic E-state index is -0.840. The second-order valence-corrected chi connectivity index (χ2v) is 3.62. The Morgan fingerprint density at radius 2 is 2.00 bits per heavy atom. The molecule has 1 aromatic carbocycles. The molecule has 0 spiro atoms. The Labute approximate surface area is 95.7 Å². The van der Waals surface area contributed by atoms with E-state index in [1.54, 1.807) is 4.90 Å². The lowest BCUT2D eigenvalue weighted by Crippen LogP contribution is -2.34. The summed E-state index contributed by atoms with van der Waals surface area (Å²) >= 11 is 0. The lowest BCUT2D eigenvalue weighted by molar-refractivity contribution is -0.135. The number of carboxylic acids is 1. The number of anilines is 1. The van der Waals surface area contributed by atoms with Crippen LogP contribution in [-0.2, 0) is 11.2 Å². The minimum Gasteiger partial charge on any atom is -0.480 e. The van der Waals surface area contributed by atoms with Gasteiger partial charge in [-0.25, -0.2) is 0 Å². The van der Waals surface area contributed by atoms with Gasteiger partial charge < -0.3 is 15.7 Å². The molecule has 0 aliphatic carbocycles. The van der Waals surface area contributed by atoms with Crippen molar-refractivity contribution in [2.75, 3.05) is 24.5 Å². The predicted molar refractivity (Wildman–Crippen MR) is 64.7 cm³/mol. The van der Waals surface area contributed by atoms with E-state index in [0.717, 1.165) is 12.1 Å². The van der Waals surface area contributed by atoms with E-state index in [2.05, 4.69) is 6.92 Å². The summed E-state index contributed by atoms with van der Waals surface area (Å²) in [6.45, 7) is 3.08.